The molecule has 0 N–H and O–H groups in total. The summed E-state index contributed by atoms with van der Waals surface area (Å²) in [5.41, 5.74) is 1.82. The summed E-state index contributed by atoms with van der Waals surface area (Å²) in [6.07, 6.45) is 1.32. The molecule has 0 unspecified atom stereocenters. The van der Waals surface area contributed by atoms with Crippen molar-refractivity contribution in [1.82, 2.24) is 9.55 Å². The molecule has 1 aromatic carbocycles. The second kappa shape index (κ2) is 8.92. The SMILES string of the molecule is COCCc1nc2scc(-c3ccccc3)c2c(=O)n1CCCC(=O)OC. The minimum Gasteiger partial charge on any atom is -0.469 e. The molecule has 2 heterocycles. The first-order valence-corrected chi connectivity index (χ1v) is 9.65. The van der Waals surface area contributed by atoms with Gasteiger partial charge in [-0.3, -0.25) is 14.2 Å². The molecule has 0 saturated heterocycles. The van der Waals surface area contributed by atoms with Gasteiger partial charge in [0.15, 0.2) is 0 Å². The molecule has 0 radical (unpaired) electrons. The average molecular weight is 386 g/mol. The van der Waals surface area contributed by atoms with Crippen molar-refractivity contribution in [3.63, 3.8) is 0 Å². The lowest BCUT2D eigenvalue weighted by atomic mass is 10.1. The lowest BCUT2D eigenvalue weighted by Crippen LogP contribution is -2.26. The van der Waals surface area contributed by atoms with Gasteiger partial charge in [0, 0.05) is 37.4 Å². The van der Waals surface area contributed by atoms with E-state index in [1.807, 2.05) is 35.7 Å². The number of hydrogen-bond acceptors (Lipinski definition) is 6. The number of benzene rings is 1. The highest BCUT2D eigenvalue weighted by Crippen LogP contribution is 2.30. The molecular weight excluding hydrogens is 364 g/mol. The van der Waals surface area contributed by atoms with Crippen LogP contribution in [0.25, 0.3) is 21.3 Å². The summed E-state index contributed by atoms with van der Waals surface area (Å²) >= 11 is 1.47. The Balaban J connectivity index is 2.05. The van der Waals surface area contributed by atoms with E-state index >= 15 is 0 Å². The molecule has 0 amide bonds. The Labute approximate surface area is 161 Å². The standard InChI is InChI=1S/C20H22N2O4S/c1-25-12-10-16-21-19-18(15(13-27-19)14-7-4-3-5-8-14)20(24)22(16)11-6-9-17(23)26-2/h3-5,7-8,13H,6,9-12H2,1-2H3. The van der Waals surface area contributed by atoms with Gasteiger partial charge in [-0.15, -0.1) is 11.3 Å². The van der Waals surface area contributed by atoms with Crippen molar-refractivity contribution in [2.75, 3.05) is 20.8 Å². The second-order valence-corrected chi connectivity index (χ2v) is 6.96. The van der Waals surface area contributed by atoms with E-state index in [1.54, 1.807) is 11.7 Å². The number of rotatable bonds is 8. The lowest BCUT2D eigenvalue weighted by Gasteiger charge is -2.12. The molecule has 6 nitrogen and oxygen atoms in total. The molecule has 0 atom stereocenters. The van der Waals surface area contributed by atoms with Gasteiger partial charge in [-0.05, 0) is 12.0 Å². The first-order valence-electron chi connectivity index (χ1n) is 8.77. The number of methoxy groups -OCH3 is 2. The van der Waals surface area contributed by atoms with Crippen LogP contribution in [0.5, 0.6) is 0 Å². The highest BCUT2D eigenvalue weighted by molar-refractivity contribution is 7.17. The smallest absolute Gasteiger partial charge is 0.305 e. The molecule has 0 bridgehead atoms. The van der Waals surface area contributed by atoms with Crippen molar-refractivity contribution in [2.24, 2.45) is 0 Å². The van der Waals surface area contributed by atoms with Crippen molar-refractivity contribution in [2.45, 2.75) is 25.8 Å². The molecule has 0 saturated carbocycles. The maximum Gasteiger partial charge on any atom is 0.305 e. The van der Waals surface area contributed by atoms with Crippen molar-refractivity contribution in [3.05, 3.63) is 51.9 Å². The van der Waals surface area contributed by atoms with Gasteiger partial charge in [0.1, 0.15) is 10.7 Å². The Hall–Kier alpha value is -2.51. The number of esters is 1. The predicted octanol–water partition coefficient (Wildman–Crippen LogP) is 3.27. The summed E-state index contributed by atoms with van der Waals surface area (Å²) in [5.74, 6) is 0.400. The quantitative estimate of drug-likeness (QED) is 0.556. The van der Waals surface area contributed by atoms with Crippen LogP contribution in [-0.4, -0.2) is 36.3 Å². The second-order valence-electron chi connectivity index (χ2n) is 6.10. The molecule has 7 heteroatoms. The van der Waals surface area contributed by atoms with Gasteiger partial charge in [0.05, 0.1) is 19.1 Å². The summed E-state index contributed by atoms with van der Waals surface area (Å²) in [4.78, 5) is 30.1. The van der Waals surface area contributed by atoms with Crippen LogP contribution in [0.3, 0.4) is 0 Å². The van der Waals surface area contributed by atoms with Crippen LogP contribution < -0.4 is 5.56 Å². The van der Waals surface area contributed by atoms with E-state index in [2.05, 4.69) is 4.74 Å². The topological polar surface area (TPSA) is 70.4 Å². The molecule has 0 aliphatic rings. The van der Waals surface area contributed by atoms with Crippen LogP contribution >= 0.6 is 11.3 Å². The van der Waals surface area contributed by atoms with Gasteiger partial charge in [0.25, 0.3) is 5.56 Å². The van der Waals surface area contributed by atoms with Crippen LogP contribution in [-0.2, 0) is 27.2 Å². The molecule has 3 aromatic rings. The van der Waals surface area contributed by atoms with Gasteiger partial charge in [-0.1, -0.05) is 30.3 Å². The molecule has 0 aliphatic heterocycles. The van der Waals surface area contributed by atoms with Crippen LogP contribution in [0, 0.1) is 0 Å². The summed E-state index contributed by atoms with van der Waals surface area (Å²) in [5, 5.41) is 2.61. The van der Waals surface area contributed by atoms with E-state index in [9.17, 15) is 9.59 Å². The number of thiophene rings is 1. The number of hydrogen-bond donors (Lipinski definition) is 0. The van der Waals surface area contributed by atoms with E-state index in [1.165, 1.54) is 18.4 Å². The molecular formula is C20H22N2O4S. The van der Waals surface area contributed by atoms with E-state index in [4.69, 9.17) is 9.72 Å². The Morgan fingerprint density at radius 3 is 2.70 bits per heavy atom. The van der Waals surface area contributed by atoms with Gasteiger partial charge >= 0.3 is 5.97 Å². The van der Waals surface area contributed by atoms with Crippen molar-refractivity contribution in [3.8, 4) is 11.1 Å². The molecule has 0 aliphatic carbocycles. The van der Waals surface area contributed by atoms with E-state index < -0.39 is 0 Å². The molecule has 0 spiro atoms. The van der Waals surface area contributed by atoms with Crippen molar-refractivity contribution >= 4 is 27.5 Å². The number of fused-ring (bicyclic) bond motifs is 1. The monoisotopic (exact) mass is 386 g/mol. The largest absolute Gasteiger partial charge is 0.469 e. The zero-order chi connectivity index (χ0) is 19.2. The zero-order valence-corrected chi connectivity index (χ0v) is 16.3. The highest BCUT2D eigenvalue weighted by Gasteiger charge is 2.17. The summed E-state index contributed by atoms with van der Waals surface area (Å²) in [6.45, 7) is 0.895. The first-order chi connectivity index (χ1) is 13.2. The fourth-order valence-corrected chi connectivity index (χ4v) is 3.95. The molecule has 27 heavy (non-hydrogen) atoms. The maximum absolute atomic E-state index is 13.3. The molecule has 3 rings (SSSR count). The third-order valence-corrected chi connectivity index (χ3v) is 5.25. The average Bonchev–Trinajstić information content (AvgIpc) is 3.13. The third-order valence-electron chi connectivity index (χ3n) is 4.38. The van der Waals surface area contributed by atoms with Crippen LogP contribution in [0.15, 0.2) is 40.5 Å². The van der Waals surface area contributed by atoms with Crippen molar-refractivity contribution in [1.29, 1.82) is 0 Å². The van der Waals surface area contributed by atoms with Gasteiger partial charge in [-0.2, -0.15) is 0 Å². The Bertz CT molecular complexity index is 979. The van der Waals surface area contributed by atoms with E-state index in [-0.39, 0.29) is 17.9 Å². The molecule has 0 fully saturated rings. The fourth-order valence-electron chi connectivity index (χ4n) is 2.99. The minimum atomic E-state index is -0.281. The maximum atomic E-state index is 13.3. The fraction of sp³-hybridized carbons (Fsp3) is 0.350. The predicted molar refractivity (Wildman–Crippen MR) is 106 cm³/mol. The zero-order valence-electron chi connectivity index (χ0n) is 15.4. The Morgan fingerprint density at radius 2 is 2.00 bits per heavy atom. The minimum absolute atomic E-state index is 0.0731. The van der Waals surface area contributed by atoms with Crippen LogP contribution in [0.4, 0.5) is 0 Å². The lowest BCUT2D eigenvalue weighted by molar-refractivity contribution is -0.140. The molecule has 2 aromatic heterocycles. The van der Waals surface area contributed by atoms with E-state index in [0.29, 0.717) is 37.2 Å². The number of carbonyl (C=O) groups excluding carboxylic acids is 1. The summed E-state index contributed by atoms with van der Waals surface area (Å²) in [7, 11) is 2.99. The first kappa shape index (κ1) is 19.3. The van der Waals surface area contributed by atoms with E-state index in [0.717, 1.165) is 16.0 Å². The number of ether oxygens (including phenoxy) is 2. The Morgan fingerprint density at radius 1 is 1.22 bits per heavy atom. The van der Waals surface area contributed by atoms with Gasteiger partial charge in [-0.25, -0.2) is 4.98 Å². The van der Waals surface area contributed by atoms with Gasteiger partial charge in [0.2, 0.25) is 0 Å². The normalized spacial score (nSPS) is 11.0. The number of aromatic nitrogens is 2. The Kier molecular flexibility index (Phi) is 6.36. The summed E-state index contributed by atoms with van der Waals surface area (Å²) < 4.78 is 11.5. The third kappa shape index (κ3) is 4.26. The molecule has 142 valence electrons. The van der Waals surface area contributed by atoms with Crippen LogP contribution in [0.1, 0.15) is 18.7 Å². The highest BCUT2D eigenvalue weighted by atomic mass is 32.1. The summed E-state index contributed by atoms with van der Waals surface area (Å²) in [6, 6.07) is 9.83. The van der Waals surface area contributed by atoms with Gasteiger partial charge < -0.3 is 9.47 Å². The number of nitrogens with zero attached hydrogens (tertiary/aromatic N) is 2. The number of carbonyl (C=O) groups is 1. The van der Waals surface area contributed by atoms with Crippen LogP contribution in [0.2, 0.25) is 0 Å². The van der Waals surface area contributed by atoms with Crippen molar-refractivity contribution < 1.29 is 14.3 Å².